The molecule has 22 heavy (non-hydrogen) atoms. The van der Waals surface area contributed by atoms with E-state index in [1.54, 1.807) is 0 Å². The molecular weight excluding hydrogens is 276 g/mol. The van der Waals surface area contributed by atoms with Crippen LogP contribution in [0.25, 0.3) is 0 Å². The molecule has 122 valence electrons. The molecule has 6 nitrogen and oxygen atoms in total. The van der Waals surface area contributed by atoms with E-state index in [0.29, 0.717) is 12.1 Å². The van der Waals surface area contributed by atoms with Crippen LogP contribution in [-0.2, 0) is 13.0 Å². The predicted molar refractivity (Wildman–Crippen MR) is 87.9 cm³/mol. The maximum Gasteiger partial charge on any atom is 0.191 e. The molecule has 2 aliphatic rings. The molecule has 0 saturated heterocycles. The molecular formula is C16H28N6. The Labute approximate surface area is 132 Å². The highest BCUT2D eigenvalue weighted by molar-refractivity contribution is 5.80. The quantitative estimate of drug-likeness (QED) is 0.641. The molecule has 6 heteroatoms. The van der Waals surface area contributed by atoms with Crippen molar-refractivity contribution in [2.75, 3.05) is 6.54 Å². The van der Waals surface area contributed by atoms with Crippen LogP contribution in [0.2, 0.25) is 0 Å². The molecule has 3 atom stereocenters. The first-order valence-electron chi connectivity index (χ1n) is 8.67. The predicted octanol–water partition coefficient (Wildman–Crippen LogP) is 1.65. The maximum absolute atomic E-state index is 4.60. The molecule has 3 rings (SSSR count). The maximum atomic E-state index is 4.60. The summed E-state index contributed by atoms with van der Waals surface area (Å²) in [6, 6.07) is 1.00. The van der Waals surface area contributed by atoms with Gasteiger partial charge in [-0.1, -0.05) is 13.3 Å². The zero-order valence-corrected chi connectivity index (χ0v) is 14.0. The second-order valence-electron chi connectivity index (χ2n) is 6.50. The van der Waals surface area contributed by atoms with E-state index in [2.05, 4.69) is 39.6 Å². The van der Waals surface area contributed by atoms with Gasteiger partial charge in [-0.3, -0.25) is 4.99 Å². The van der Waals surface area contributed by atoms with E-state index in [1.165, 1.54) is 19.3 Å². The second kappa shape index (κ2) is 6.67. The highest BCUT2D eigenvalue weighted by Crippen LogP contribution is 2.34. The van der Waals surface area contributed by atoms with Crippen LogP contribution in [0.15, 0.2) is 4.99 Å². The average molecular weight is 304 g/mol. The van der Waals surface area contributed by atoms with E-state index in [1.807, 2.05) is 11.6 Å². The molecule has 1 aliphatic carbocycles. The highest BCUT2D eigenvalue weighted by Gasteiger charge is 2.37. The minimum Gasteiger partial charge on any atom is -0.353 e. The zero-order chi connectivity index (χ0) is 15.5. The largest absolute Gasteiger partial charge is 0.353 e. The van der Waals surface area contributed by atoms with E-state index in [9.17, 15) is 0 Å². The van der Waals surface area contributed by atoms with Crippen molar-refractivity contribution in [2.45, 2.75) is 71.5 Å². The summed E-state index contributed by atoms with van der Waals surface area (Å²) < 4.78 is 2.04. The molecule has 0 amide bonds. The van der Waals surface area contributed by atoms with Gasteiger partial charge in [0.1, 0.15) is 11.6 Å². The first-order chi connectivity index (χ1) is 10.7. The third-order valence-corrected chi connectivity index (χ3v) is 4.53. The van der Waals surface area contributed by atoms with Crippen LogP contribution in [0.4, 0.5) is 0 Å². The third-order valence-electron chi connectivity index (χ3n) is 4.53. The molecule has 3 unspecified atom stereocenters. The summed E-state index contributed by atoms with van der Waals surface area (Å²) in [5.41, 5.74) is 0. The van der Waals surface area contributed by atoms with Crippen molar-refractivity contribution < 1.29 is 0 Å². The Morgan fingerprint density at radius 2 is 2.23 bits per heavy atom. The molecule has 1 aliphatic heterocycles. The lowest BCUT2D eigenvalue weighted by molar-refractivity contribution is 0.392. The fourth-order valence-corrected chi connectivity index (χ4v) is 3.33. The van der Waals surface area contributed by atoms with Crippen molar-refractivity contribution in [3.63, 3.8) is 0 Å². The molecule has 1 saturated carbocycles. The summed E-state index contributed by atoms with van der Waals surface area (Å²) in [5, 5.41) is 11.7. The number of aliphatic imine (C=N–C) groups is 1. The van der Waals surface area contributed by atoms with E-state index in [0.717, 1.165) is 49.5 Å². The van der Waals surface area contributed by atoms with Gasteiger partial charge in [0, 0.05) is 25.0 Å². The SMILES string of the molecule is CCCC1CC1NC(=NCC)NC1CCc2nc(C)nn2C1. The molecule has 1 fully saturated rings. The Kier molecular flexibility index (Phi) is 4.64. The normalized spacial score (nSPS) is 27.4. The number of hydrogen-bond acceptors (Lipinski definition) is 3. The number of aromatic nitrogens is 3. The monoisotopic (exact) mass is 304 g/mol. The molecule has 0 bridgehead atoms. The molecule has 1 aromatic heterocycles. The minimum atomic E-state index is 0.384. The van der Waals surface area contributed by atoms with Crippen LogP contribution in [0, 0.1) is 12.8 Å². The van der Waals surface area contributed by atoms with Crippen molar-refractivity contribution in [2.24, 2.45) is 10.9 Å². The van der Waals surface area contributed by atoms with Crippen LogP contribution >= 0.6 is 0 Å². The van der Waals surface area contributed by atoms with Gasteiger partial charge in [-0.25, -0.2) is 9.67 Å². The number of nitrogens with zero attached hydrogens (tertiary/aromatic N) is 4. The molecule has 0 radical (unpaired) electrons. The van der Waals surface area contributed by atoms with Crippen LogP contribution in [-0.4, -0.2) is 39.4 Å². The molecule has 0 aromatic carbocycles. The van der Waals surface area contributed by atoms with Gasteiger partial charge in [-0.2, -0.15) is 5.10 Å². The van der Waals surface area contributed by atoms with E-state index >= 15 is 0 Å². The van der Waals surface area contributed by atoms with Crippen LogP contribution < -0.4 is 10.6 Å². The lowest BCUT2D eigenvalue weighted by Gasteiger charge is -2.25. The summed E-state index contributed by atoms with van der Waals surface area (Å²) >= 11 is 0. The average Bonchev–Trinajstić information content (AvgIpc) is 3.08. The number of rotatable bonds is 5. The van der Waals surface area contributed by atoms with E-state index < -0.39 is 0 Å². The Hall–Kier alpha value is -1.59. The van der Waals surface area contributed by atoms with Crippen LogP contribution in [0.1, 0.15) is 51.2 Å². The van der Waals surface area contributed by atoms with Gasteiger partial charge in [-0.15, -0.1) is 0 Å². The van der Waals surface area contributed by atoms with E-state index in [-0.39, 0.29) is 0 Å². The Morgan fingerprint density at radius 1 is 1.36 bits per heavy atom. The van der Waals surface area contributed by atoms with Gasteiger partial charge in [0.05, 0.1) is 6.54 Å². The van der Waals surface area contributed by atoms with Gasteiger partial charge in [0.15, 0.2) is 5.96 Å². The summed E-state index contributed by atoms with van der Waals surface area (Å²) in [7, 11) is 0. The van der Waals surface area contributed by atoms with Crippen LogP contribution in [0.5, 0.6) is 0 Å². The number of guanidine groups is 1. The second-order valence-corrected chi connectivity index (χ2v) is 6.50. The van der Waals surface area contributed by atoms with Crippen molar-refractivity contribution in [1.29, 1.82) is 0 Å². The Bertz CT molecular complexity index is 535. The van der Waals surface area contributed by atoms with Crippen LogP contribution in [0.3, 0.4) is 0 Å². The molecule has 2 N–H and O–H groups in total. The number of aryl methyl sites for hydroxylation is 2. The summed E-state index contributed by atoms with van der Waals surface area (Å²) in [5.74, 6) is 3.79. The third kappa shape index (κ3) is 3.59. The molecule has 1 aromatic rings. The molecule has 0 spiro atoms. The minimum absolute atomic E-state index is 0.384. The lowest BCUT2D eigenvalue weighted by atomic mass is 10.1. The summed E-state index contributed by atoms with van der Waals surface area (Å²) in [6.45, 7) is 7.98. The molecule has 2 heterocycles. The summed E-state index contributed by atoms with van der Waals surface area (Å²) in [6.07, 6.45) is 5.95. The van der Waals surface area contributed by atoms with Gasteiger partial charge in [0.2, 0.25) is 0 Å². The fourth-order valence-electron chi connectivity index (χ4n) is 3.33. The smallest absolute Gasteiger partial charge is 0.191 e. The number of hydrogen-bond donors (Lipinski definition) is 2. The summed E-state index contributed by atoms with van der Waals surface area (Å²) in [4.78, 5) is 9.07. The van der Waals surface area contributed by atoms with Gasteiger partial charge >= 0.3 is 0 Å². The van der Waals surface area contributed by atoms with Gasteiger partial charge < -0.3 is 10.6 Å². The van der Waals surface area contributed by atoms with Gasteiger partial charge in [0.25, 0.3) is 0 Å². The highest BCUT2D eigenvalue weighted by atomic mass is 15.4. The van der Waals surface area contributed by atoms with Crippen molar-refractivity contribution in [1.82, 2.24) is 25.4 Å². The van der Waals surface area contributed by atoms with E-state index in [4.69, 9.17) is 0 Å². The van der Waals surface area contributed by atoms with Crippen molar-refractivity contribution >= 4 is 5.96 Å². The first-order valence-corrected chi connectivity index (χ1v) is 8.67. The Balaban J connectivity index is 1.55. The first kappa shape index (κ1) is 15.3. The Morgan fingerprint density at radius 3 is 3.00 bits per heavy atom. The zero-order valence-electron chi connectivity index (χ0n) is 14.0. The van der Waals surface area contributed by atoms with Crippen molar-refractivity contribution in [3.8, 4) is 0 Å². The fraction of sp³-hybridized carbons (Fsp3) is 0.812. The van der Waals surface area contributed by atoms with Crippen molar-refractivity contribution in [3.05, 3.63) is 11.6 Å². The number of nitrogens with one attached hydrogen (secondary N) is 2. The topological polar surface area (TPSA) is 67.1 Å². The lowest BCUT2D eigenvalue weighted by Crippen LogP contribution is -2.48. The standard InChI is InChI=1S/C16H28N6/c1-4-6-12-9-14(12)20-16(17-5-2)19-13-7-8-15-18-11(3)21-22(15)10-13/h12-14H,4-10H2,1-3H3,(H2,17,19,20). The number of fused-ring (bicyclic) bond motifs is 1. The van der Waals surface area contributed by atoms with Gasteiger partial charge in [-0.05, 0) is 39.0 Å².